The van der Waals surface area contributed by atoms with E-state index in [4.69, 9.17) is 5.84 Å². The number of nitrogens with two attached hydrogens (primary N) is 1. The number of aryl methyl sites for hydroxylation is 1. The minimum Gasteiger partial charge on any atom is -0.334 e. The molecule has 104 valence electrons. The third kappa shape index (κ3) is 4.78. The van der Waals surface area contributed by atoms with Crippen molar-refractivity contribution in [3.63, 3.8) is 0 Å². The first-order valence-electron chi connectivity index (χ1n) is 7.30. The fraction of sp³-hybridized carbons (Fsp3) is 0.786. The molecule has 0 fully saturated rings. The highest BCUT2D eigenvalue weighted by atomic mass is 15.3. The van der Waals surface area contributed by atoms with Crippen molar-refractivity contribution < 1.29 is 0 Å². The summed E-state index contributed by atoms with van der Waals surface area (Å²) in [6, 6.07) is 0.188. The van der Waals surface area contributed by atoms with E-state index in [1.807, 2.05) is 12.4 Å². The monoisotopic (exact) mass is 252 g/mol. The van der Waals surface area contributed by atoms with Gasteiger partial charge in [0.25, 0.3) is 0 Å². The standard InChI is InChI=1S/C14H28N4/c1-3-5-6-7-8-9-13(17-15)14-16-10-12-18(14)11-4-2/h10,12-13,17H,3-9,11,15H2,1-2H3. The zero-order valence-corrected chi connectivity index (χ0v) is 11.9. The molecule has 0 spiro atoms. The lowest BCUT2D eigenvalue weighted by atomic mass is 10.1. The molecule has 1 heterocycles. The van der Waals surface area contributed by atoms with Crippen molar-refractivity contribution in [1.29, 1.82) is 0 Å². The Bertz CT molecular complexity index is 308. The van der Waals surface area contributed by atoms with Crippen molar-refractivity contribution in [2.24, 2.45) is 5.84 Å². The number of unbranched alkanes of at least 4 members (excludes halogenated alkanes) is 4. The summed E-state index contributed by atoms with van der Waals surface area (Å²) >= 11 is 0. The highest BCUT2D eigenvalue weighted by Gasteiger charge is 2.14. The number of imidazole rings is 1. The van der Waals surface area contributed by atoms with E-state index in [2.05, 4.69) is 28.8 Å². The van der Waals surface area contributed by atoms with Crippen LogP contribution in [0.4, 0.5) is 0 Å². The summed E-state index contributed by atoms with van der Waals surface area (Å²) in [5.41, 5.74) is 2.91. The molecule has 1 aromatic rings. The van der Waals surface area contributed by atoms with Gasteiger partial charge in [-0.05, 0) is 12.8 Å². The lowest BCUT2D eigenvalue weighted by Gasteiger charge is -2.17. The number of hydrogen-bond acceptors (Lipinski definition) is 3. The minimum absolute atomic E-state index is 0.188. The number of nitrogens with zero attached hydrogens (tertiary/aromatic N) is 2. The summed E-state index contributed by atoms with van der Waals surface area (Å²) in [7, 11) is 0. The predicted octanol–water partition coefficient (Wildman–Crippen LogP) is 3.16. The van der Waals surface area contributed by atoms with Crippen LogP contribution in [0.2, 0.25) is 0 Å². The van der Waals surface area contributed by atoms with E-state index in [1.54, 1.807) is 0 Å². The van der Waals surface area contributed by atoms with Crippen molar-refractivity contribution in [2.75, 3.05) is 0 Å². The highest BCUT2D eigenvalue weighted by molar-refractivity contribution is 4.99. The predicted molar refractivity (Wildman–Crippen MR) is 76.0 cm³/mol. The molecular weight excluding hydrogens is 224 g/mol. The summed E-state index contributed by atoms with van der Waals surface area (Å²) < 4.78 is 2.20. The van der Waals surface area contributed by atoms with Gasteiger partial charge in [0.1, 0.15) is 5.82 Å². The molecule has 0 bridgehead atoms. The smallest absolute Gasteiger partial charge is 0.127 e. The van der Waals surface area contributed by atoms with Gasteiger partial charge in [0.15, 0.2) is 0 Å². The Kier molecular flexibility index (Phi) is 7.69. The molecule has 0 radical (unpaired) electrons. The first-order valence-corrected chi connectivity index (χ1v) is 7.30. The number of hydrazine groups is 1. The second kappa shape index (κ2) is 9.11. The molecule has 4 nitrogen and oxygen atoms in total. The molecule has 1 rings (SSSR count). The Morgan fingerprint density at radius 2 is 2.00 bits per heavy atom. The second-order valence-corrected chi connectivity index (χ2v) is 4.90. The van der Waals surface area contributed by atoms with Crippen molar-refractivity contribution in [3.05, 3.63) is 18.2 Å². The first-order chi connectivity index (χ1) is 8.83. The van der Waals surface area contributed by atoms with Gasteiger partial charge in [0, 0.05) is 18.9 Å². The Hall–Kier alpha value is -0.870. The van der Waals surface area contributed by atoms with E-state index in [0.717, 1.165) is 25.2 Å². The molecule has 0 aliphatic rings. The molecule has 1 unspecified atom stereocenters. The van der Waals surface area contributed by atoms with Gasteiger partial charge >= 0.3 is 0 Å². The van der Waals surface area contributed by atoms with Gasteiger partial charge in [0.2, 0.25) is 0 Å². The lowest BCUT2D eigenvalue weighted by molar-refractivity contribution is 0.440. The Balaban J connectivity index is 2.41. The van der Waals surface area contributed by atoms with E-state index in [1.165, 1.54) is 32.1 Å². The van der Waals surface area contributed by atoms with Crippen LogP contribution in [0, 0.1) is 0 Å². The normalized spacial score (nSPS) is 12.8. The van der Waals surface area contributed by atoms with Crippen LogP contribution >= 0.6 is 0 Å². The van der Waals surface area contributed by atoms with E-state index >= 15 is 0 Å². The van der Waals surface area contributed by atoms with E-state index in [0.29, 0.717) is 0 Å². The van der Waals surface area contributed by atoms with E-state index in [-0.39, 0.29) is 6.04 Å². The van der Waals surface area contributed by atoms with Gasteiger partial charge in [0.05, 0.1) is 6.04 Å². The third-order valence-corrected chi connectivity index (χ3v) is 3.32. The molecule has 0 aliphatic heterocycles. The summed E-state index contributed by atoms with van der Waals surface area (Å²) in [5.74, 6) is 6.75. The highest BCUT2D eigenvalue weighted by Crippen LogP contribution is 2.18. The average Bonchev–Trinajstić information content (AvgIpc) is 2.83. The largest absolute Gasteiger partial charge is 0.334 e. The number of hydrogen-bond donors (Lipinski definition) is 2. The SMILES string of the molecule is CCCCCCCC(NN)c1nccn1CCC. The van der Waals surface area contributed by atoms with Crippen LogP contribution in [-0.4, -0.2) is 9.55 Å². The average molecular weight is 252 g/mol. The fourth-order valence-electron chi connectivity index (χ4n) is 2.30. The zero-order chi connectivity index (χ0) is 13.2. The fourth-order valence-corrected chi connectivity index (χ4v) is 2.30. The summed E-state index contributed by atoms with van der Waals surface area (Å²) in [5, 5.41) is 0. The molecule has 0 amide bonds. The number of aromatic nitrogens is 2. The molecular formula is C14H28N4. The molecule has 0 aromatic carbocycles. The summed E-state index contributed by atoms with van der Waals surface area (Å²) in [6.45, 7) is 5.44. The maximum Gasteiger partial charge on any atom is 0.127 e. The lowest BCUT2D eigenvalue weighted by Crippen LogP contribution is -2.30. The molecule has 1 aromatic heterocycles. The van der Waals surface area contributed by atoms with Crippen LogP contribution in [-0.2, 0) is 6.54 Å². The molecule has 3 N–H and O–H groups in total. The van der Waals surface area contributed by atoms with Crippen LogP contribution in [0.1, 0.15) is 70.7 Å². The van der Waals surface area contributed by atoms with Gasteiger partial charge in [-0.25, -0.2) is 10.4 Å². The molecule has 1 atom stereocenters. The van der Waals surface area contributed by atoms with Crippen molar-refractivity contribution >= 4 is 0 Å². The van der Waals surface area contributed by atoms with Gasteiger partial charge in [-0.15, -0.1) is 0 Å². The van der Waals surface area contributed by atoms with E-state index < -0.39 is 0 Å². The van der Waals surface area contributed by atoms with Gasteiger partial charge in [-0.1, -0.05) is 46.0 Å². The minimum atomic E-state index is 0.188. The van der Waals surface area contributed by atoms with Crippen molar-refractivity contribution in [2.45, 2.75) is 71.4 Å². The summed E-state index contributed by atoms with van der Waals surface area (Å²) in [4.78, 5) is 4.44. The van der Waals surface area contributed by atoms with Crippen molar-refractivity contribution in [3.8, 4) is 0 Å². The van der Waals surface area contributed by atoms with Gasteiger partial charge in [-0.3, -0.25) is 5.84 Å². The Labute approximate surface area is 111 Å². The van der Waals surface area contributed by atoms with Crippen LogP contribution in [0.15, 0.2) is 12.4 Å². The molecule has 0 saturated heterocycles. The molecule has 4 heteroatoms. The molecule has 0 saturated carbocycles. The zero-order valence-electron chi connectivity index (χ0n) is 11.9. The van der Waals surface area contributed by atoms with Crippen LogP contribution in [0.3, 0.4) is 0 Å². The quantitative estimate of drug-likeness (QED) is 0.382. The van der Waals surface area contributed by atoms with Crippen molar-refractivity contribution in [1.82, 2.24) is 15.0 Å². The Morgan fingerprint density at radius 1 is 1.22 bits per heavy atom. The number of rotatable bonds is 10. The second-order valence-electron chi connectivity index (χ2n) is 4.90. The first kappa shape index (κ1) is 15.2. The summed E-state index contributed by atoms with van der Waals surface area (Å²) in [6.07, 6.45) is 12.6. The van der Waals surface area contributed by atoms with Gasteiger partial charge < -0.3 is 4.57 Å². The topological polar surface area (TPSA) is 55.9 Å². The Morgan fingerprint density at radius 3 is 2.67 bits per heavy atom. The van der Waals surface area contributed by atoms with E-state index in [9.17, 15) is 0 Å². The maximum absolute atomic E-state index is 5.67. The van der Waals surface area contributed by atoms with Crippen LogP contribution in [0.5, 0.6) is 0 Å². The maximum atomic E-state index is 5.67. The number of nitrogens with one attached hydrogen (secondary N) is 1. The molecule has 0 aliphatic carbocycles. The third-order valence-electron chi connectivity index (χ3n) is 3.32. The van der Waals surface area contributed by atoms with Crippen LogP contribution < -0.4 is 11.3 Å². The van der Waals surface area contributed by atoms with Crippen LogP contribution in [0.25, 0.3) is 0 Å². The molecule has 18 heavy (non-hydrogen) atoms. The van der Waals surface area contributed by atoms with Gasteiger partial charge in [-0.2, -0.15) is 0 Å².